The van der Waals surface area contributed by atoms with E-state index in [0.717, 1.165) is 21.7 Å². The Morgan fingerprint density at radius 2 is 1.96 bits per heavy atom. The van der Waals surface area contributed by atoms with Gasteiger partial charge in [0, 0.05) is 18.0 Å². The minimum absolute atomic E-state index is 0.278. The molecule has 1 rings (SSSR count). The Hall–Kier alpha value is -2.20. The SMILES string of the molecule is CCN(C#N)C(=O)C(CSC)NC(=O)Nc1c(C)cccc1C. The molecule has 0 heterocycles. The lowest BCUT2D eigenvalue weighted by molar-refractivity contribution is -0.129. The number of carbonyl (C=O) groups is 2. The number of likely N-dealkylation sites (N-methyl/N-ethyl adjacent to an activating group) is 1. The maximum atomic E-state index is 12.3. The van der Waals surface area contributed by atoms with Crippen LogP contribution in [-0.4, -0.2) is 41.4 Å². The predicted molar refractivity (Wildman–Crippen MR) is 93.2 cm³/mol. The Balaban J connectivity index is 2.83. The average Bonchev–Trinajstić information content (AvgIpc) is 2.51. The van der Waals surface area contributed by atoms with Crippen molar-refractivity contribution in [2.24, 2.45) is 0 Å². The minimum atomic E-state index is -0.742. The normalized spacial score (nSPS) is 11.3. The van der Waals surface area contributed by atoms with Crippen LogP contribution < -0.4 is 10.6 Å². The molecule has 7 heteroatoms. The first-order chi connectivity index (χ1) is 10.9. The van der Waals surface area contributed by atoms with Crippen molar-refractivity contribution in [2.75, 3.05) is 23.9 Å². The van der Waals surface area contributed by atoms with Gasteiger partial charge in [-0.15, -0.1) is 0 Å². The van der Waals surface area contributed by atoms with Crippen molar-refractivity contribution in [1.82, 2.24) is 10.2 Å². The molecule has 2 N–H and O–H groups in total. The second kappa shape index (κ2) is 9.06. The van der Waals surface area contributed by atoms with Gasteiger partial charge in [0.05, 0.1) is 0 Å². The maximum Gasteiger partial charge on any atom is 0.319 e. The van der Waals surface area contributed by atoms with E-state index in [0.29, 0.717) is 5.75 Å². The highest BCUT2D eigenvalue weighted by Gasteiger charge is 2.25. The van der Waals surface area contributed by atoms with E-state index in [-0.39, 0.29) is 6.54 Å². The molecule has 1 atom stereocenters. The molecule has 0 fully saturated rings. The first-order valence-electron chi connectivity index (χ1n) is 7.28. The summed E-state index contributed by atoms with van der Waals surface area (Å²) >= 11 is 1.43. The molecule has 1 unspecified atom stereocenters. The number of rotatable bonds is 6. The van der Waals surface area contributed by atoms with Crippen molar-refractivity contribution in [2.45, 2.75) is 26.8 Å². The number of carbonyl (C=O) groups excluding carboxylic acids is 2. The van der Waals surface area contributed by atoms with Gasteiger partial charge in [0.2, 0.25) is 0 Å². The highest BCUT2D eigenvalue weighted by Crippen LogP contribution is 2.19. The largest absolute Gasteiger partial charge is 0.325 e. The second-order valence-corrected chi connectivity index (χ2v) is 5.97. The highest BCUT2D eigenvalue weighted by atomic mass is 32.2. The molecule has 0 saturated heterocycles. The minimum Gasteiger partial charge on any atom is -0.325 e. The molecule has 1 aromatic carbocycles. The number of urea groups is 1. The van der Waals surface area contributed by atoms with Crippen LogP contribution in [0.3, 0.4) is 0 Å². The lowest BCUT2D eigenvalue weighted by Crippen LogP contribution is -2.49. The van der Waals surface area contributed by atoms with E-state index < -0.39 is 18.0 Å². The van der Waals surface area contributed by atoms with E-state index in [9.17, 15) is 9.59 Å². The number of para-hydroxylation sites is 1. The molecule has 0 bridgehead atoms. The van der Waals surface area contributed by atoms with Crippen molar-refractivity contribution in [1.29, 1.82) is 5.26 Å². The molecular weight excluding hydrogens is 312 g/mol. The number of hydrogen-bond donors (Lipinski definition) is 2. The van der Waals surface area contributed by atoms with Crippen LogP contribution in [0.25, 0.3) is 0 Å². The van der Waals surface area contributed by atoms with E-state index in [1.54, 1.807) is 6.92 Å². The maximum absolute atomic E-state index is 12.3. The first-order valence-corrected chi connectivity index (χ1v) is 8.67. The van der Waals surface area contributed by atoms with Gasteiger partial charge in [-0.1, -0.05) is 18.2 Å². The Morgan fingerprint density at radius 3 is 2.43 bits per heavy atom. The Labute approximate surface area is 141 Å². The summed E-state index contributed by atoms with van der Waals surface area (Å²) < 4.78 is 0. The van der Waals surface area contributed by atoms with E-state index in [1.165, 1.54) is 11.8 Å². The van der Waals surface area contributed by atoms with Gasteiger partial charge in [-0.05, 0) is 38.2 Å². The number of thioether (sulfide) groups is 1. The summed E-state index contributed by atoms with van der Waals surface area (Å²) in [6.45, 7) is 5.80. The van der Waals surface area contributed by atoms with Crippen molar-refractivity contribution in [3.8, 4) is 6.19 Å². The second-order valence-electron chi connectivity index (χ2n) is 5.06. The first kappa shape index (κ1) is 18.8. The molecule has 0 aromatic heterocycles. The molecule has 0 radical (unpaired) electrons. The highest BCUT2D eigenvalue weighted by molar-refractivity contribution is 7.98. The molecular formula is C16H22N4O2S. The van der Waals surface area contributed by atoms with E-state index in [2.05, 4.69) is 10.6 Å². The molecule has 0 aliphatic rings. The fourth-order valence-corrected chi connectivity index (χ4v) is 2.68. The number of amides is 3. The van der Waals surface area contributed by atoms with Crippen LogP contribution in [0.5, 0.6) is 0 Å². The van der Waals surface area contributed by atoms with Gasteiger partial charge in [-0.3, -0.25) is 4.79 Å². The molecule has 0 saturated carbocycles. The van der Waals surface area contributed by atoms with Gasteiger partial charge in [-0.2, -0.15) is 17.0 Å². The van der Waals surface area contributed by atoms with Crippen LogP contribution in [0, 0.1) is 25.3 Å². The summed E-state index contributed by atoms with van der Waals surface area (Å²) in [6, 6.07) is 4.53. The van der Waals surface area contributed by atoms with Gasteiger partial charge in [0.15, 0.2) is 6.19 Å². The molecule has 0 spiro atoms. The van der Waals surface area contributed by atoms with Crippen LogP contribution in [-0.2, 0) is 4.79 Å². The quantitative estimate of drug-likeness (QED) is 0.618. The third-order valence-corrected chi connectivity index (χ3v) is 4.03. The smallest absolute Gasteiger partial charge is 0.319 e. The summed E-state index contributed by atoms with van der Waals surface area (Å²) in [5.41, 5.74) is 2.62. The Bertz CT molecular complexity index is 592. The molecule has 23 heavy (non-hydrogen) atoms. The zero-order chi connectivity index (χ0) is 17.4. The van der Waals surface area contributed by atoms with Crippen molar-refractivity contribution < 1.29 is 9.59 Å². The molecule has 3 amide bonds. The van der Waals surface area contributed by atoms with Gasteiger partial charge in [0.1, 0.15) is 6.04 Å². The summed E-state index contributed by atoms with van der Waals surface area (Å²) in [7, 11) is 0. The number of nitriles is 1. The van der Waals surface area contributed by atoms with E-state index >= 15 is 0 Å². The van der Waals surface area contributed by atoms with Crippen LogP contribution in [0.4, 0.5) is 10.5 Å². The molecule has 1 aromatic rings. The van der Waals surface area contributed by atoms with E-state index in [4.69, 9.17) is 5.26 Å². The number of aryl methyl sites for hydroxylation is 2. The third-order valence-electron chi connectivity index (χ3n) is 3.36. The van der Waals surface area contributed by atoms with Crippen LogP contribution >= 0.6 is 11.8 Å². The fraction of sp³-hybridized carbons (Fsp3) is 0.438. The number of benzene rings is 1. The fourth-order valence-electron chi connectivity index (χ4n) is 2.12. The number of nitrogens with one attached hydrogen (secondary N) is 2. The van der Waals surface area contributed by atoms with Gasteiger partial charge in [-0.25, -0.2) is 9.69 Å². The number of hydrogen-bond acceptors (Lipinski definition) is 4. The zero-order valence-electron chi connectivity index (χ0n) is 13.8. The Kier molecular flexibility index (Phi) is 7.42. The summed E-state index contributed by atoms with van der Waals surface area (Å²) in [5.74, 6) is -0.00186. The van der Waals surface area contributed by atoms with Gasteiger partial charge < -0.3 is 10.6 Å². The third kappa shape index (κ3) is 5.18. The topological polar surface area (TPSA) is 85.2 Å². The van der Waals surface area contributed by atoms with Crippen LogP contribution in [0.15, 0.2) is 18.2 Å². The summed E-state index contributed by atoms with van der Waals surface area (Å²) in [5, 5.41) is 14.4. The molecule has 0 aliphatic carbocycles. The predicted octanol–water partition coefficient (Wildman–Crippen LogP) is 2.49. The standard InChI is InChI=1S/C16H22N4O2S/c1-5-20(10-17)15(21)13(9-23-4)18-16(22)19-14-11(2)7-6-8-12(14)3/h6-8,13H,5,9H2,1-4H3,(H2,18,19,22). The molecule has 124 valence electrons. The van der Waals surface area contributed by atoms with Crippen molar-refractivity contribution in [3.63, 3.8) is 0 Å². The lowest BCUT2D eigenvalue weighted by atomic mass is 10.1. The molecule has 0 aliphatic heterocycles. The van der Waals surface area contributed by atoms with E-state index in [1.807, 2.05) is 44.5 Å². The average molecular weight is 334 g/mol. The van der Waals surface area contributed by atoms with Gasteiger partial charge in [0.25, 0.3) is 5.91 Å². The van der Waals surface area contributed by atoms with Crippen LogP contribution in [0.1, 0.15) is 18.1 Å². The summed E-state index contributed by atoms with van der Waals surface area (Å²) in [4.78, 5) is 25.5. The van der Waals surface area contributed by atoms with Crippen LogP contribution in [0.2, 0.25) is 0 Å². The number of anilines is 1. The number of nitrogens with zero attached hydrogens (tertiary/aromatic N) is 2. The monoisotopic (exact) mass is 334 g/mol. The van der Waals surface area contributed by atoms with Crippen molar-refractivity contribution >= 4 is 29.4 Å². The Morgan fingerprint density at radius 1 is 1.35 bits per heavy atom. The van der Waals surface area contributed by atoms with Gasteiger partial charge >= 0.3 is 6.03 Å². The van der Waals surface area contributed by atoms with Crippen molar-refractivity contribution in [3.05, 3.63) is 29.3 Å². The molecule has 6 nitrogen and oxygen atoms in total. The lowest BCUT2D eigenvalue weighted by Gasteiger charge is -2.21. The summed E-state index contributed by atoms with van der Waals surface area (Å²) in [6.07, 6.45) is 3.68. The zero-order valence-corrected chi connectivity index (χ0v) is 14.7.